The number of halogens is 1. The van der Waals surface area contributed by atoms with Gasteiger partial charge in [-0.2, -0.15) is 0 Å². The number of carboxylic acid groups (broad SMARTS) is 1. The molecule has 0 aliphatic carbocycles. The Morgan fingerprint density at radius 1 is 1.55 bits per heavy atom. The van der Waals surface area contributed by atoms with Gasteiger partial charge < -0.3 is 9.84 Å². The smallest absolute Gasteiger partial charge is 0.335 e. The second-order valence-electron chi connectivity index (χ2n) is 3.53. The van der Waals surface area contributed by atoms with Gasteiger partial charge in [-0.15, -0.1) is 5.10 Å². The highest BCUT2D eigenvalue weighted by molar-refractivity contribution is 7.10. The van der Waals surface area contributed by atoms with Crippen LogP contribution in [0.1, 0.15) is 16.1 Å². The summed E-state index contributed by atoms with van der Waals surface area (Å²) in [6.07, 6.45) is 0. The standard InChI is InChI=1S/C10H6ClN3O5S/c11-9-6(12-13-20-9)4-19-8-3-5(10(15)16)1-2-7(8)14(17)18/h1-3H,4H2,(H,15,16). The number of hydrogen-bond acceptors (Lipinski definition) is 7. The Balaban J connectivity index is 2.28. The molecule has 0 fully saturated rings. The molecule has 20 heavy (non-hydrogen) atoms. The average Bonchev–Trinajstić information content (AvgIpc) is 2.81. The van der Waals surface area contributed by atoms with E-state index in [9.17, 15) is 14.9 Å². The first-order chi connectivity index (χ1) is 9.49. The van der Waals surface area contributed by atoms with E-state index in [1.165, 1.54) is 0 Å². The summed E-state index contributed by atoms with van der Waals surface area (Å²) in [6, 6.07) is 3.28. The molecule has 8 nitrogen and oxygen atoms in total. The van der Waals surface area contributed by atoms with Gasteiger partial charge in [0.05, 0.1) is 10.5 Å². The molecule has 1 aromatic carbocycles. The summed E-state index contributed by atoms with van der Waals surface area (Å²) in [5.74, 6) is -1.38. The Morgan fingerprint density at radius 3 is 2.85 bits per heavy atom. The second kappa shape index (κ2) is 5.80. The molecule has 0 atom stereocenters. The van der Waals surface area contributed by atoms with Gasteiger partial charge in [-0.05, 0) is 6.07 Å². The summed E-state index contributed by atoms with van der Waals surface area (Å²) in [4.78, 5) is 21.0. The van der Waals surface area contributed by atoms with Gasteiger partial charge in [0.1, 0.15) is 16.6 Å². The largest absolute Gasteiger partial charge is 0.480 e. The molecule has 1 heterocycles. The SMILES string of the molecule is O=C(O)c1ccc([N+](=O)[O-])c(OCc2nnsc2Cl)c1. The number of nitro benzene ring substituents is 1. The lowest BCUT2D eigenvalue weighted by Gasteiger charge is -2.06. The summed E-state index contributed by atoms with van der Waals surface area (Å²) in [7, 11) is 0. The van der Waals surface area contributed by atoms with Crippen LogP contribution in [0.3, 0.4) is 0 Å². The van der Waals surface area contributed by atoms with Crippen molar-refractivity contribution in [3.05, 3.63) is 43.9 Å². The van der Waals surface area contributed by atoms with Crippen LogP contribution < -0.4 is 4.74 Å². The van der Waals surface area contributed by atoms with Crippen LogP contribution in [0, 0.1) is 10.1 Å². The number of carboxylic acids is 1. The minimum Gasteiger partial charge on any atom is -0.480 e. The molecule has 1 N–H and O–H groups in total. The number of benzene rings is 1. The Hall–Kier alpha value is -2.26. The molecular weight excluding hydrogens is 310 g/mol. The Morgan fingerprint density at radius 2 is 2.30 bits per heavy atom. The third-order valence-electron chi connectivity index (χ3n) is 2.28. The van der Waals surface area contributed by atoms with E-state index in [1.807, 2.05) is 0 Å². The van der Waals surface area contributed by atoms with Crippen molar-refractivity contribution in [3.8, 4) is 5.75 Å². The maximum atomic E-state index is 10.9. The third kappa shape index (κ3) is 3.00. The number of aromatic nitrogens is 2. The van der Waals surface area contributed by atoms with Crippen LogP contribution in [0.15, 0.2) is 18.2 Å². The predicted octanol–water partition coefficient (Wildman–Crippen LogP) is 2.38. The fourth-order valence-corrected chi connectivity index (χ4v) is 1.94. The average molecular weight is 316 g/mol. The fourth-order valence-electron chi connectivity index (χ4n) is 1.34. The summed E-state index contributed by atoms with van der Waals surface area (Å²) in [5.41, 5.74) is -0.130. The summed E-state index contributed by atoms with van der Waals surface area (Å²) >= 11 is 6.73. The first-order valence-corrected chi connectivity index (χ1v) is 6.25. The monoisotopic (exact) mass is 315 g/mol. The van der Waals surface area contributed by atoms with Crippen molar-refractivity contribution >= 4 is 34.8 Å². The number of carbonyl (C=O) groups is 1. The van der Waals surface area contributed by atoms with Crippen LogP contribution in [-0.4, -0.2) is 25.6 Å². The molecule has 0 bridgehead atoms. The number of rotatable bonds is 5. The molecule has 0 saturated carbocycles. The van der Waals surface area contributed by atoms with Gasteiger partial charge in [-0.3, -0.25) is 10.1 Å². The topological polar surface area (TPSA) is 115 Å². The van der Waals surface area contributed by atoms with Crippen molar-refractivity contribution in [2.24, 2.45) is 0 Å². The molecule has 0 aliphatic heterocycles. The lowest BCUT2D eigenvalue weighted by atomic mass is 10.2. The van der Waals surface area contributed by atoms with Crippen LogP contribution in [0.25, 0.3) is 0 Å². The Bertz CT molecular complexity index is 675. The summed E-state index contributed by atoms with van der Waals surface area (Å²) < 4.78 is 9.13. The van der Waals surface area contributed by atoms with E-state index in [0.29, 0.717) is 10.0 Å². The molecular formula is C10H6ClN3O5S. The minimum absolute atomic E-state index is 0.118. The summed E-state index contributed by atoms with van der Waals surface area (Å²) in [5, 5.41) is 23.4. The third-order valence-corrected chi connectivity index (χ3v) is 3.26. The van der Waals surface area contributed by atoms with Crippen LogP contribution in [0.4, 0.5) is 5.69 Å². The Labute approximate surface area is 120 Å². The molecule has 104 valence electrons. The molecule has 0 saturated heterocycles. The first-order valence-electron chi connectivity index (χ1n) is 5.10. The van der Waals surface area contributed by atoms with Crippen molar-refractivity contribution in [2.45, 2.75) is 6.61 Å². The molecule has 1 aromatic heterocycles. The number of nitro groups is 1. The number of nitrogens with zero attached hydrogens (tertiary/aromatic N) is 3. The normalized spacial score (nSPS) is 10.2. The number of ether oxygens (including phenoxy) is 1. The summed E-state index contributed by atoms with van der Waals surface area (Å²) in [6.45, 7) is -0.140. The van der Waals surface area contributed by atoms with Gasteiger partial charge in [0, 0.05) is 23.7 Å². The lowest BCUT2D eigenvalue weighted by molar-refractivity contribution is -0.385. The highest BCUT2D eigenvalue weighted by Gasteiger charge is 2.19. The van der Waals surface area contributed by atoms with E-state index in [2.05, 4.69) is 9.59 Å². The maximum absolute atomic E-state index is 10.9. The predicted molar refractivity (Wildman–Crippen MR) is 69.3 cm³/mol. The molecule has 0 radical (unpaired) electrons. The fraction of sp³-hybridized carbons (Fsp3) is 0.100. The van der Waals surface area contributed by atoms with Crippen molar-refractivity contribution < 1.29 is 19.6 Å². The maximum Gasteiger partial charge on any atom is 0.335 e. The van der Waals surface area contributed by atoms with Gasteiger partial charge in [-0.1, -0.05) is 16.1 Å². The van der Waals surface area contributed by atoms with E-state index >= 15 is 0 Å². The Kier molecular flexibility index (Phi) is 4.11. The molecule has 2 aromatic rings. The van der Waals surface area contributed by atoms with Gasteiger partial charge in [0.15, 0.2) is 5.75 Å². The van der Waals surface area contributed by atoms with Crippen molar-refractivity contribution in [2.75, 3.05) is 0 Å². The van der Waals surface area contributed by atoms with Crippen molar-refractivity contribution in [1.29, 1.82) is 0 Å². The molecule has 0 spiro atoms. The zero-order valence-corrected chi connectivity index (χ0v) is 11.2. The molecule has 0 unspecified atom stereocenters. The van der Waals surface area contributed by atoms with Gasteiger partial charge in [-0.25, -0.2) is 4.79 Å². The van der Waals surface area contributed by atoms with Crippen LogP contribution in [-0.2, 0) is 6.61 Å². The highest BCUT2D eigenvalue weighted by atomic mass is 35.5. The highest BCUT2D eigenvalue weighted by Crippen LogP contribution is 2.29. The van der Waals surface area contributed by atoms with E-state index < -0.39 is 10.9 Å². The second-order valence-corrected chi connectivity index (χ2v) is 4.88. The van der Waals surface area contributed by atoms with Gasteiger partial charge >= 0.3 is 11.7 Å². The molecule has 2 rings (SSSR count). The minimum atomic E-state index is -1.21. The first kappa shape index (κ1) is 14.2. The van der Waals surface area contributed by atoms with Crippen LogP contribution in [0.5, 0.6) is 5.75 Å². The number of hydrogen-bond donors (Lipinski definition) is 1. The van der Waals surface area contributed by atoms with Gasteiger partial charge in [0.2, 0.25) is 0 Å². The van der Waals surface area contributed by atoms with Crippen molar-refractivity contribution in [1.82, 2.24) is 9.59 Å². The van der Waals surface area contributed by atoms with Crippen molar-refractivity contribution in [3.63, 3.8) is 0 Å². The van der Waals surface area contributed by atoms with E-state index in [1.54, 1.807) is 0 Å². The zero-order valence-electron chi connectivity index (χ0n) is 9.65. The lowest BCUT2D eigenvalue weighted by Crippen LogP contribution is -2.03. The zero-order chi connectivity index (χ0) is 14.7. The van der Waals surface area contributed by atoms with E-state index in [-0.39, 0.29) is 23.6 Å². The van der Waals surface area contributed by atoms with E-state index in [0.717, 1.165) is 29.7 Å². The molecule has 10 heteroatoms. The number of aromatic carboxylic acids is 1. The van der Waals surface area contributed by atoms with Crippen LogP contribution >= 0.6 is 23.1 Å². The van der Waals surface area contributed by atoms with E-state index in [4.69, 9.17) is 21.4 Å². The van der Waals surface area contributed by atoms with Crippen LogP contribution in [0.2, 0.25) is 4.34 Å². The van der Waals surface area contributed by atoms with Gasteiger partial charge in [0.25, 0.3) is 0 Å². The molecule has 0 amide bonds. The molecule has 0 aliphatic rings. The quantitative estimate of drug-likeness (QED) is 0.665.